The topological polar surface area (TPSA) is 20.3 Å². The van der Waals surface area contributed by atoms with Gasteiger partial charge in [-0.15, -0.1) is 23.4 Å². The first kappa shape index (κ1) is 14.4. The van der Waals surface area contributed by atoms with Crippen molar-refractivity contribution >= 4 is 35.0 Å². The quantitative estimate of drug-likeness (QED) is 0.771. The second-order valence-corrected chi connectivity index (χ2v) is 6.28. The van der Waals surface area contributed by atoms with E-state index in [0.717, 1.165) is 16.1 Å². The Hall–Kier alpha value is -1.52. The third-order valence-electron chi connectivity index (χ3n) is 3.43. The molecule has 2 aromatic rings. The average Bonchev–Trinajstić information content (AvgIpc) is 2.53. The van der Waals surface area contributed by atoms with Crippen molar-refractivity contribution in [2.24, 2.45) is 0 Å². The highest BCUT2D eigenvalue weighted by Gasteiger charge is 2.29. The molecule has 108 valence electrons. The van der Waals surface area contributed by atoms with E-state index >= 15 is 0 Å². The average molecular weight is 322 g/mol. The molecule has 0 fully saturated rings. The van der Waals surface area contributed by atoms with Gasteiger partial charge in [-0.2, -0.15) is 0 Å². The molecule has 0 radical (unpaired) electrons. The van der Waals surface area contributed by atoms with Crippen molar-refractivity contribution in [3.63, 3.8) is 0 Å². The van der Waals surface area contributed by atoms with Gasteiger partial charge in [0.05, 0.1) is 10.9 Å². The van der Waals surface area contributed by atoms with Crippen molar-refractivity contribution in [2.75, 3.05) is 17.3 Å². The number of carbonyl (C=O) groups excluding carboxylic acids is 1. The molecule has 2 aromatic carbocycles. The molecule has 1 unspecified atom stereocenters. The number of hydrogen-bond acceptors (Lipinski definition) is 2. The number of anilines is 1. The maximum Gasteiger partial charge on any atom is 0.241 e. The lowest BCUT2D eigenvalue weighted by molar-refractivity contribution is -0.116. The van der Waals surface area contributed by atoms with Crippen LogP contribution in [0.5, 0.6) is 0 Å². The fourth-order valence-corrected chi connectivity index (χ4v) is 3.82. The van der Waals surface area contributed by atoms with E-state index in [9.17, 15) is 9.18 Å². The van der Waals surface area contributed by atoms with Crippen LogP contribution < -0.4 is 4.90 Å². The van der Waals surface area contributed by atoms with Crippen LogP contribution in [-0.2, 0) is 4.79 Å². The number of fused-ring (bicyclic) bond motifs is 1. The molecule has 1 aliphatic rings. The van der Waals surface area contributed by atoms with Gasteiger partial charge in [-0.05, 0) is 29.8 Å². The predicted octanol–water partition coefficient (Wildman–Crippen LogP) is 4.24. The summed E-state index contributed by atoms with van der Waals surface area (Å²) in [5, 5.41) is 0.0765. The zero-order valence-electron chi connectivity index (χ0n) is 11.1. The molecule has 1 amide bonds. The second kappa shape index (κ2) is 6.08. The number of benzene rings is 2. The highest BCUT2D eigenvalue weighted by Crippen LogP contribution is 2.45. The Labute approximate surface area is 131 Å². The van der Waals surface area contributed by atoms with E-state index in [1.807, 2.05) is 24.3 Å². The normalized spacial score (nSPS) is 17.4. The molecule has 0 aromatic heterocycles. The van der Waals surface area contributed by atoms with Gasteiger partial charge in [0, 0.05) is 11.4 Å². The molecule has 0 spiro atoms. The predicted molar refractivity (Wildman–Crippen MR) is 84.5 cm³/mol. The third kappa shape index (κ3) is 2.92. The van der Waals surface area contributed by atoms with Crippen LogP contribution in [0.2, 0.25) is 0 Å². The first-order valence-corrected chi connectivity index (χ1v) is 7.98. The molecule has 0 N–H and O–H groups in total. The maximum absolute atomic E-state index is 13.1. The minimum Gasteiger partial charge on any atom is -0.309 e. The highest BCUT2D eigenvalue weighted by atomic mass is 35.5. The summed E-state index contributed by atoms with van der Waals surface area (Å²) < 4.78 is 13.1. The minimum atomic E-state index is -0.256. The summed E-state index contributed by atoms with van der Waals surface area (Å²) in [6.07, 6.45) is 0. The van der Waals surface area contributed by atoms with Crippen molar-refractivity contribution in [1.29, 1.82) is 0 Å². The summed E-state index contributed by atoms with van der Waals surface area (Å²) in [6, 6.07) is 14.2. The number of thioether (sulfide) groups is 1. The molecule has 0 aliphatic carbocycles. The van der Waals surface area contributed by atoms with Gasteiger partial charge in [0.1, 0.15) is 11.7 Å². The fraction of sp³-hybridized carbons (Fsp3) is 0.188. The Morgan fingerprint density at radius 2 is 1.95 bits per heavy atom. The number of alkyl halides is 1. The first-order chi connectivity index (χ1) is 10.2. The Kier molecular flexibility index (Phi) is 4.17. The van der Waals surface area contributed by atoms with Crippen LogP contribution in [-0.4, -0.2) is 18.3 Å². The fourth-order valence-electron chi connectivity index (χ4n) is 2.39. The SMILES string of the molecule is O=C(CCl)N1CC(c2ccc(F)cc2)Sc2ccccc21. The van der Waals surface area contributed by atoms with Gasteiger partial charge in [-0.1, -0.05) is 24.3 Å². The Morgan fingerprint density at radius 1 is 1.24 bits per heavy atom. The van der Waals surface area contributed by atoms with Crippen LogP contribution in [0.15, 0.2) is 53.4 Å². The molecule has 1 aliphatic heterocycles. The highest BCUT2D eigenvalue weighted by molar-refractivity contribution is 7.99. The smallest absolute Gasteiger partial charge is 0.241 e. The van der Waals surface area contributed by atoms with Crippen molar-refractivity contribution < 1.29 is 9.18 Å². The van der Waals surface area contributed by atoms with Crippen molar-refractivity contribution in [2.45, 2.75) is 10.1 Å². The second-order valence-electron chi connectivity index (χ2n) is 4.76. The van der Waals surface area contributed by atoms with Gasteiger partial charge in [-0.3, -0.25) is 4.79 Å². The third-order valence-corrected chi connectivity index (χ3v) is 4.96. The lowest BCUT2D eigenvalue weighted by atomic mass is 10.1. The molecule has 1 atom stereocenters. The lowest BCUT2D eigenvalue weighted by Crippen LogP contribution is -2.37. The Balaban J connectivity index is 1.96. The number of halogens is 2. The van der Waals surface area contributed by atoms with E-state index in [2.05, 4.69) is 0 Å². The molecule has 2 nitrogen and oxygen atoms in total. The van der Waals surface area contributed by atoms with Gasteiger partial charge in [-0.25, -0.2) is 4.39 Å². The molecular formula is C16H13ClFNOS. The summed E-state index contributed by atoms with van der Waals surface area (Å²) in [7, 11) is 0. The molecule has 0 saturated heterocycles. The number of amides is 1. The molecular weight excluding hydrogens is 309 g/mol. The number of para-hydroxylation sites is 1. The summed E-state index contributed by atoms with van der Waals surface area (Å²) in [6.45, 7) is 0.541. The van der Waals surface area contributed by atoms with Crippen LogP contribution in [0.4, 0.5) is 10.1 Å². The van der Waals surface area contributed by atoms with Gasteiger partial charge >= 0.3 is 0 Å². The van der Waals surface area contributed by atoms with Crippen molar-refractivity contribution in [3.8, 4) is 0 Å². The zero-order valence-corrected chi connectivity index (χ0v) is 12.7. The molecule has 5 heteroatoms. The van der Waals surface area contributed by atoms with Crippen molar-refractivity contribution in [1.82, 2.24) is 0 Å². The van der Waals surface area contributed by atoms with E-state index in [0.29, 0.717) is 6.54 Å². The number of hydrogen-bond donors (Lipinski definition) is 0. The lowest BCUT2D eigenvalue weighted by Gasteiger charge is -2.34. The summed E-state index contributed by atoms with van der Waals surface area (Å²) in [4.78, 5) is 14.8. The van der Waals surface area contributed by atoms with Crippen molar-refractivity contribution in [3.05, 3.63) is 59.9 Å². The zero-order chi connectivity index (χ0) is 14.8. The van der Waals surface area contributed by atoms with Crippen LogP contribution >= 0.6 is 23.4 Å². The van der Waals surface area contributed by atoms with E-state index in [4.69, 9.17) is 11.6 Å². The van der Waals surface area contributed by atoms with Gasteiger partial charge in [0.2, 0.25) is 5.91 Å². The molecule has 0 saturated carbocycles. The van der Waals surface area contributed by atoms with Crippen LogP contribution in [0, 0.1) is 5.82 Å². The molecule has 3 rings (SSSR count). The van der Waals surface area contributed by atoms with E-state index in [1.54, 1.807) is 28.8 Å². The van der Waals surface area contributed by atoms with Crippen LogP contribution in [0.3, 0.4) is 0 Å². The maximum atomic E-state index is 13.1. The van der Waals surface area contributed by atoms with E-state index < -0.39 is 0 Å². The number of nitrogens with zero attached hydrogens (tertiary/aromatic N) is 1. The van der Waals surface area contributed by atoms with Gasteiger partial charge in [0.15, 0.2) is 0 Å². The number of carbonyl (C=O) groups is 1. The summed E-state index contributed by atoms with van der Waals surface area (Å²) >= 11 is 7.41. The Bertz CT molecular complexity index is 662. The monoisotopic (exact) mass is 321 g/mol. The molecule has 21 heavy (non-hydrogen) atoms. The Morgan fingerprint density at radius 3 is 2.67 bits per heavy atom. The van der Waals surface area contributed by atoms with E-state index in [1.165, 1.54) is 12.1 Å². The molecule has 0 bridgehead atoms. The standard InChI is InChI=1S/C16H13ClFNOS/c17-9-16(20)19-10-15(11-5-7-12(18)8-6-11)21-14-4-2-1-3-13(14)19/h1-8,15H,9-10H2. The van der Waals surface area contributed by atoms with Crippen LogP contribution in [0.1, 0.15) is 10.8 Å². The first-order valence-electron chi connectivity index (χ1n) is 6.56. The summed E-state index contributed by atoms with van der Waals surface area (Å²) in [5.41, 5.74) is 1.90. The van der Waals surface area contributed by atoms with Gasteiger partial charge < -0.3 is 4.90 Å². The summed E-state index contributed by atoms with van der Waals surface area (Å²) in [5.74, 6) is -0.417. The minimum absolute atomic E-state index is 0.0465. The largest absolute Gasteiger partial charge is 0.309 e. The van der Waals surface area contributed by atoms with Crippen LogP contribution in [0.25, 0.3) is 0 Å². The molecule has 1 heterocycles. The van der Waals surface area contributed by atoms with Gasteiger partial charge in [0.25, 0.3) is 0 Å². The number of rotatable bonds is 2. The van der Waals surface area contributed by atoms with E-state index in [-0.39, 0.29) is 22.9 Å².